The molecule has 0 bridgehead atoms. The minimum atomic E-state index is -5.81. The van der Waals surface area contributed by atoms with Crippen LogP contribution in [-0.2, 0) is 19.0 Å². The smallest absolute Gasteiger partial charge is 0.449 e. The van der Waals surface area contributed by atoms with E-state index >= 15 is 0 Å². The van der Waals surface area contributed by atoms with Crippen LogP contribution in [0.1, 0.15) is 41.0 Å². The molecule has 3 unspecified atom stereocenters. The van der Waals surface area contributed by atoms with Gasteiger partial charge in [-0.05, 0) is 27.2 Å². The second-order valence-electron chi connectivity index (χ2n) is 6.47. The molecule has 1 saturated heterocycles. The van der Waals surface area contributed by atoms with E-state index in [1.54, 1.807) is 6.92 Å². The highest BCUT2D eigenvalue weighted by molar-refractivity contribution is 5.71. The molecule has 0 aromatic carbocycles. The third-order valence-electron chi connectivity index (χ3n) is 3.84. The van der Waals surface area contributed by atoms with E-state index in [4.69, 9.17) is 9.47 Å². The van der Waals surface area contributed by atoms with Gasteiger partial charge in [-0.3, -0.25) is 4.79 Å². The van der Waals surface area contributed by atoms with Crippen LogP contribution in [0.5, 0.6) is 0 Å². The first-order valence-electron chi connectivity index (χ1n) is 7.27. The van der Waals surface area contributed by atoms with Crippen LogP contribution < -0.4 is 0 Å². The fourth-order valence-electron chi connectivity index (χ4n) is 2.28. The number of esters is 1. The zero-order valence-electron chi connectivity index (χ0n) is 14.0. The summed E-state index contributed by atoms with van der Waals surface area (Å²) in [5.41, 5.74) is -2.96. The first-order chi connectivity index (χ1) is 10.5. The van der Waals surface area contributed by atoms with Gasteiger partial charge >= 0.3 is 23.9 Å². The van der Waals surface area contributed by atoms with Crippen LogP contribution in [0.15, 0.2) is 0 Å². The molecule has 5 nitrogen and oxygen atoms in total. The molecule has 1 heterocycles. The monoisotopic (exact) mass is 364 g/mol. The van der Waals surface area contributed by atoms with Gasteiger partial charge in [-0.15, -0.1) is 0 Å². The van der Waals surface area contributed by atoms with E-state index in [9.17, 15) is 31.9 Å². The quantitative estimate of drug-likeness (QED) is 0.614. The van der Waals surface area contributed by atoms with Crippen molar-refractivity contribution < 1.29 is 46.1 Å². The fourth-order valence-corrected chi connectivity index (χ4v) is 2.28. The van der Waals surface area contributed by atoms with Gasteiger partial charge in [0.1, 0.15) is 6.61 Å². The topological polar surface area (TPSA) is 65.0 Å². The second kappa shape index (κ2) is 6.06. The summed E-state index contributed by atoms with van der Waals surface area (Å²) in [5.74, 6) is -13.4. The lowest BCUT2D eigenvalue weighted by Gasteiger charge is -2.54. The molecule has 1 rings (SSSR count). The Kier molecular flexibility index (Phi) is 5.32. The van der Waals surface area contributed by atoms with Gasteiger partial charge in [-0.1, -0.05) is 13.8 Å². The summed E-state index contributed by atoms with van der Waals surface area (Å²) in [7, 11) is 0. The molecule has 0 radical (unpaired) electrons. The van der Waals surface area contributed by atoms with E-state index in [0.29, 0.717) is 13.3 Å². The predicted octanol–water partition coefficient (Wildman–Crippen LogP) is 3.00. The fraction of sp³-hybridized carbons (Fsp3) is 0.929. The molecule has 1 fully saturated rings. The molecule has 142 valence electrons. The molecule has 3 atom stereocenters. The maximum atomic E-state index is 14.5. The van der Waals surface area contributed by atoms with Crippen LogP contribution in [0.2, 0.25) is 0 Å². The maximum Gasteiger partial charge on any atom is 0.449 e. The Bertz CT molecular complexity index is 492. The van der Waals surface area contributed by atoms with E-state index in [0.717, 1.165) is 13.8 Å². The Morgan fingerprint density at radius 1 is 1.21 bits per heavy atom. The van der Waals surface area contributed by atoms with Crippen molar-refractivity contribution in [3.05, 3.63) is 0 Å². The summed E-state index contributed by atoms with van der Waals surface area (Å²) in [4.78, 5) is 11.7. The van der Waals surface area contributed by atoms with Gasteiger partial charge in [-0.2, -0.15) is 22.0 Å². The lowest BCUT2D eigenvalue weighted by molar-refractivity contribution is -0.541. The number of halogens is 5. The van der Waals surface area contributed by atoms with Gasteiger partial charge in [0.25, 0.3) is 0 Å². The second-order valence-corrected chi connectivity index (χ2v) is 6.47. The molecule has 0 aromatic heterocycles. The van der Waals surface area contributed by atoms with Crippen LogP contribution in [0.3, 0.4) is 0 Å². The zero-order valence-corrected chi connectivity index (χ0v) is 14.0. The number of aliphatic hydroxyl groups is 1. The average Bonchev–Trinajstić information content (AvgIpc) is 2.39. The van der Waals surface area contributed by atoms with Crippen molar-refractivity contribution in [2.24, 2.45) is 5.92 Å². The molecule has 0 amide bonds. The highest BCUT2D eigenvalue weighted by atomic mass is 19.4. The first-order valence-corrected chi connectivity index (χ1v) is 7.27. The number of ether oxygens (including phenoxy) is 3. The highest BCUT2D eigenvalue weighted by Gasteiger charge is 2.81. The molecule has 1 aliphatic rings. The van der Waals surface area contributed by atoms with Crippen LogP contribution in [0, 0.1) is 5.92 Å². The number of carbonyl (C=O) groups excluding carboxylic acids is 1. The number of alkyl halides is 5. The van der Waals surface area contributed by atoms with E-state index in [2.05, 4.69) is 4.74 Å². The molecule has 10 heteroatoms. The zero-order chi connectivity index (χ0) is 19.2. The van der Waals surface area contributed by atoms with Crippen molar-refractivity contribution in [2.75, 3.05) is 6.61 Å². The van der Waals surface area contributed by atoms with Crippen molar-refractivity contribution in [3.8, 4) is 0 Å². The molecular formula is C14H21F5O5. The van der Waals surface area contributed by atoms with Crippen molar-refractivity contribution >= 4 is 5.97 Å². The van der Waals surface area contributed by atoms with Gasteiger partial charge in [0.2, 0.25) is 0 Å². The molecule has 0 spiro atoms. The third-order valence-corrected chi connectivity index (χ3v) is 3.84. The van der Waals surface area contributed by atoms with Crippen LogP contribution in [0.25, 0.3) is 0 Å². The standard InChI is InChI=1S/C14H21F5O5/c1-6-8(2)9(20)22-7-11(5)12(15,16)13(21,14(17,18)19)24-10(3,4)23-11/h8,21H,6-7H2,1-5H3. The number of hydrogen-bond acceptors (Lipinski definition) is 5. The van der Waals surface area contributed by atoms with Gasteiger partial charge in [0.15, 0.2) is 11.4 Å². The highest BCUT2D eigenvalue weighted by Crippen LogP contribution is 2.55. The Morgan fingerprint density at radius 2 is 1.71 bits per heavy atom. The Morgan fingerprint density at radius 3 is 2.12 bits per heavy atom. The SMILES string of the molecule is CCC(C)C(=O)OCC1(C)OC(C)(C)OC(O)(C(F)(F)F)C1(F)F. The summed E-state index contributed by atoms with van der Waals surface area (Å²) >= 11 is 0. The van der Waals surface area contributed by atoms with Gasteiger partial charge < -0.3 is 19.3 Å². The normalized spacial score (nSPS) is 33.8. The van der Waals surface area contributed by atoms with Crippen LogP contribution >= 0.6 is 0 Å². The van der Waals surface area contributed by atoms with E-state index < -0.39 is 47.8 Å². The van der Waals surface area contributed by atoms with Gasteiger partial charge in [0.05, 0.1) is 5.92 Å². The summed E-state index contributed by atoms with van der Waals surface area (Å²) in [6, 6.07) is 0. The first kappa shape index (κ1) is 21.0. The lowest BCUT2D eigenvalue weighted by Crippen LogP contribution is -2.77. The summed E-state index contributed by atoms with van der Waals surface area (Å²) < 4.78 is 81.9. The molecule has 1 aliphatic heterocycles. The number of carbonyl (C=O) groups is 1. The largest absolute Gasteiger partial charge is 0.462 e. The van der Waals surface area contributed by atoms with Crippen LogP contribution in [0.4, 0.5) is 22.0 Å². The van der Waals surface area contributed by atoms with Crippen LogP contribution in [-0.4, -0.2) is 47.0 Å². The summed E-state index contributed by atoms with van der Waals surface area (Å²) in [6.45, 7) is 4.44. The minimum Gasteiger partial charge on any atom is -0.462 e. The van der Waals surface area contributed by atoms with Crippen molar-refractivity contribution in [2.45, 2.75) is 70.3 Å². The molecule has 1 N–H and O–H groups in total. The minimum absolute atomic E-state index is 0.355. The summed E-state index contributed by atoms with van der Waals surface area (Å²) in [6.07, 6.45) is -5.45. The van der Waals surface area contributed by atoms with E-state index in [1.165, 1.54) is 6.92 Å². The Hall–Kier alpha value is -1.00. The molecule has 24 heavy (non-hydrogen) atoms. The van der Waals surface area contributed by atoms with Crippen molar-refractivity contribution in [3.63, 3.8) is 0 Å². The predicted molar refractivity (Wildman–Crippen MR) is 71.0 cm³/mol. The Labute approximate surface area is 136 Å². The lowest BCUT2D eigenvalue weighted by atomic mass is 9.88. The number of hydrogen-bond donors (Lipinski definition) is 1. The summed E-state index contributed by atoms with van der Waals surface area (Å²) in [5, 5.41) is 9.61. The molecular weight excluding hydrogens is 343 g/mol. The molecule has 0 aliphatic carbocycles. The van der Waals surface area contributed by atoms with E-state index in [1.807, 2.05) is 0 Å². The third kappa shape index (κ3) is 3.36. The Balaban J connectivity index is 3.22. The maximum absolute atomic E-state index is 14.5. The molecule has 0 aromatic rings. The van der Waals surface area contributed by atoms with E-state index in [-0.39, 0.29) is 0 Å². The average molecular weight is 364 g/mol. The number of rotatable bonds is 4. The molecule has 0 saturated carbocycles. The van der Waals surface area contributed by atoms with Crippen molar-refractivity contribution in [1.82, 2.24) is 0 Å². The van der Waals surface area contributed by atoms with Gasteiger partial charge in [-0.25, -0.2) is 0 Å². The van der Waals surface area contributed by atoms with Gasteiger partial charge in [0, 0.05) is 0 Å². The van der Waals surface area contributed by atoms with Crippen molar-refractivity contribution in [1.29, 1.82) is 0 Å².